The highest BCUT2D eigenvalue weighted by Gasteiger charge is 2.23. The zero-order valence-corrected chi connectivity index (χ0v) is 10.3. The summed E-state index contributed by atoms with van der Waals surface area (Å²) in [5.41, 5.74) is -0.0833. The van der Waals surface area contributed by atoms with Crippen LogP contribution < -0.4 is 5.32 Å². The van der Waals surface area contributed by atoms with Crippen LogP contribution in [0, 0.1) is 29.0 Å². The van der Waals surface area contributed by atoms with Gasteiger partial charge in [-0.1, -0.05) is 31.5 Å². The van der Waals surface area contributed by atoms with Crippen molar-refractivity contribution in [3.63, 3.8) is 0 Å². The molecule has 90 valence electrons. The average Bonchev–Trinajstić information content (AvgIpc) is 2.24. The van der Waals surface area contributed by atoms with Crippen molar-refractivity contribution >= 4 is 23.2 Å². The summed E-state index contributed by atoms with van der Waals surface area (Å²) in [6.45, 7) is 3.49. The summed E-state index contributed by atoms with van der Waals surface area (Å²) in [5.74, 6) is -2.14. The van der Waals surface area contributed by atoms with Gasteiger partial charge in [0.15, 0.2) is 0 Å². The molecule has 1 atom stereocenters. The minimum atomic E-state index is -0.828. The lowest BCUT2D eigenvalue weighted by molar-refractivity contribution is -0.119. The fraction of sp³-hybridized carbons (Fsp3) is 0.333. The first-order chi connectivity index (χ1) is 7.97. The highest BCUT2D eigenvalue weighted by Crippen LogP contribution is 2.25. The molecule has 0 fully saturated rings. The first kappa shape index (κ1) is 13.5. The van der Waals surface area contributed by atoms with E-state index in [4.69, 9.17) is 16.9 Å². The molecule has 17 heavy (non-hydrogen) atoms. The van der Waals surface area contributed by atoms with Crippen molar-refractivity contribution in [1.82, 2.24) is 0 Å². The van der Waals surface area contributed by atoms with Crippen LogP contribution in [-0.4, -0.2) is 5.91 Å². The highest BCUT2D eigenvalue weighted by atomic mass is 35.5. The average molecular weight is 255 g/mol. The molecule has 0 radical (unpaired) electrons. The molecule has 0 aliphatic rings. The number of benzene rings is 1. The molecule has 1 aromatic rings. The van der Waals surface area contributed by atoms with Gasteiger partial charge < -0.3 is 5.32 Å². The highest BCUT2D eigenvalue weighted by molar-refractivity contribution is 6.33. The Morgan fingerprint density at radius 1 is 1.53 bits per heavy atom. The summed E-state index contributed by atoms with van der Waals surface area (Å²) in [5, 5.41) is 11.3. The lowest BCUT2D eigenvalue weighted by Gasteiger charge is -2.14. The van der Waals surface area contributed by atoms with Crippen LogP contribution in [0.2, 0.25) is 5.02 Å². The quantitative estimate of drug-likeness (QED) is 0.900. The number of nitrogens with one attached hydrogen (secondary N) is 1. The predicted molar refractivity (Wildman–Crippen MR) is 64.0 cm³/mol. The van der Waals surface area contributed by atoms with E-state index in [1.165, 1.54) is 18.2 Å². The summed E-state index contributed by atoms with van der Waals surface area (Å²) >= 11 is 5.76. The molecule has 1 amide bonds. The van der Waals surface area contributed by atoms with Gasteiger partial charge in [0.05, 0.1) is 16.8 Å². The molecule has 0 saturated carbocycles. The molecule has 1 N–H and O–H groups in total. The van der Waals surface area contributed by atoms with Crippen LogP contribution >= 0.6 is 11.6 Å². The van der Waals surface area contributed by atoms with Crippen molar-refractivity contribution in [2.45, 2.75) is 13.8 Å². The van der Waals surface area contributed by atoms with Gasteiger partial charge >= 0.3 is 0 Å². The molecule has 0 heterocycles. The summed E-state index contributed by atoms with van der Waals surface area (Å²) in [7, 11) is 0. The lowest BCUT2D eigenvalue weighted by atomic mass is 9.96. The Labute approximate surface area is 104 Å². The van der Waals surface area contributed by atoms with E-state index in [-0.39, 0.29) is 16.6 Å². The van der Waals surface area contributed by atoms with Gasteiger partial charge in [0.1, 0.15) is 11.7 Å². The third-order valence-electron chi connectivity index (χ3n) is 2.30. The molecule has 0 aliphatic carbocycles. The first-order valence-corrected chi connectivity index (χ1v) is 5.49. The SMILES string of the molecule is CC(C)C(C#N)C(=O)Nc1c(F)cccc1Cl. The number of anilines is 1. The number of nitrogens with zero attached hydrogens (tertiary/aromatic N) is 1. The zero-order valence-electron chi connectivity index (χ0n) is 9.50. The Hall–Kier alpha value is -1.60. The molecule has 0 aromatic heterocycles. The zero-order chi connectivity index (χ0) is 13.0. The Balaban J connectivity index is 2.92. The molecule has 0 aliphatic heterocycles. The van der Waals surface area contributed by atoms with Crippen LogP contribution in [0.1, 0.15) is 13.8 Å². The molecule has 1 unspecified atom stereocenters. The van der Waals surface area contributed by atoms with Crippen LogP contribution in [0.4, 0.5) is 10.1 Å². The Morgan fingerprint density at radius 3 is 2.65 bits per heavy atom. The van der Waals surface area contributed by atoms with Crippen molar-refractivity contribution in [1.29, 1.82) is 5.26 Å². The van der Waals surface area contributed by atoms with E-state index in [1.54, 1.807) is 13.8 Å². The maximum atomic E-state index is 13.4. The summed E-state index contributed by atoms with van der Waals surface area (Å²) in [6, 6.07) is 5.99. The van der Waals surface area contributed by atoms with Crippen LogP contribution in [0.25, 0.3) is 0 Å². The van der Waals surface area contributed by atoms with Gasteiger partial charge in [-0.2, -0.15) is 5.26 Å². The van der Waals surface area contributed by atoms with Crippen molar-refractivity contribution in [2.24, 2.45) is 11.8 Å². The van der Waals surface area contributed by atoms with E-state index in [2.05, 4.69) is 5.32 Å². The molecule has 1 aromatic carbocycles. The topological polar surface area (TPSA) is 52.9 Å². The van der Waals surface area contributed by atoms with Gasteiger partial charge in [0.25, 0.3) is 0 Å². The molecule has 3 nitrogen and oxygen atoms in total. The Morgan fingerprint density at radius 2 is 2.18 bits per heavy atom. The van der Waals surface area contributed by atoms with Crippen molar-refractivity contribution < 1.29 is 9.18 Å². The van der Waals surface area contributed by atoms with Gasteiger partial charge in [-0.25, -0.2) is 4.39 Å². The van der Waals surface area contributed by atoms with Gasteiger partial charge in [-0.15, -0.1) is 0 Å². The molecule has 0 bridgehead atoms. The normalized spacial score (nSPS) is 12.0. The number of rotatable bonds is 3. The molecule has 1 rings (SSSR count). The molecular formula is C12H12ClFN2O. The monoisotopic (exact) mass is 254 g/mol. The van der Waals surface area contributed by atoms with Gasteiger partial charge in [0.2, 0.25) is 5.91 Å². The van der Waals surface area contributed by atoms with E-state index in [1.807, 2.05) is 6.07 Å². The molecule has 5 heteroatoms. The second-order valence-electron chi connectivity index (χ2n) is 3.94. The minimum absolute atomic E-state index is 0.0833. The van der Waals surface area contributed by atoms with E-state index in [0.717, 1.165) is 0 Å². The maximum absolute atomic E-state index is 13.4. The van der Waals surface area contributed by atoms with E-state index in [0.29, 0.717) is 0 Å². The van der Waals surface area contributed by atoms with Crippen LogP contribution in [0.15, 0.2) is 18.2 Å². The third-order valence-corrected chi connectivity index (χ3v) is 2.61. The molecule has 0 spiro atoms. The predicted octanol–water partition coefficient (Wildman–Crippen LogP) is 3.21. The number of carbonyl (C=O) groups is 1. The number of hydrogen-bond acceptors (Lipinski definition) is 2. The smallest absolute Gasteiger partial charge is 0.242 e. The van der Waals surface area contributed by atoms with Gasteiger partial charge in [-0.05, 0) is 18.1 Å². The number of nitriles is 1. The third kappa shape index (κ3) is 3.18. The number of halogens is 2. The van der Waals surface area contributed by atoms with Gasteiger partial charge in [0, 0.05) is 0 Å². The Bertz CT molecular complexity index is 448. The summed E-state index contributed by atoms with van der Waals surface area (Å²) in [4.78, 5) is 11.7. The summed E-state index contributed by atoms with van der Waals surface area (Å²) < 4.78 is 13.4. The minimum Gasteiger partial charge on any atom is -0.321 e. The Kier molecular flexibility index (Phi) is 4.47. The second-order valence-corrected chi connectivity index (χ2v) is 4.34. The maximum Gasteiger partial charge on any atom is 0.242 e. The van der Waals surface area contributed by atoms with Crippen LogP contribution in [0.3, 0.4) is 0 Å². The fourth-order valence-corrected chi connectivity index (χ4v) is 1.54. The first-order valence-electron chi connectivity index (χ1n) is 5.12. The number of para-hydroxylation sites is 1. The lowest BCUT2D eigenvalue weighted by Crippen LogP contribution is -2.26. The van der Waals surface area contributed by atoms with Crippen LogP contribution in [-0.2, 0) is 4.79 Å². The van der Waals surface area contributed by atoms with Crippen molar-refractivity contribution in [2.75, 3.05) is 5.32 Å². The number of carbonyl (C=O) groups excluding carboxylic acids is 1. The van der Waals surface area contributed by atoms with E-state index >= 15 is 0 Å². The van der Waals surface area contributed by atoms with Gasteiger partial charge in [-0.3, -0.25) is 4.79 Å². The fourth-order valence-electron chi connectivity index (χ4n) is 1.33. The van der Waals surface area contributed by atoms with Crippen molar-refractivity contribution in [3.05, 3.63) is 29.0 Å². The molecular weight excluding hydrogens is 243 g/mol. The van der Waals surface area contributed by atoms with E-state index < -0.39 is 17.6 Å². The molecule has 0 saturated heterocycles. The summed E-state index contributed by atoms with van der Waals surface area (Å²) in [6.07, 6.45) is 0. The largest absolute Gasteiger partial charge is 0.321 e. The van der Waals surface area contributed by atoms with E-state index in [9.17, 15) is 9.18 Å². The number of amides is 1. The standard InChI is InChI=1S/C12H12ClFN2O/c1-7(2)8(6-15)12(17)16-11-9(13)4-3-5-10(11)14/h3-5,7-8H,1-2H3,(H,16,17). The van der Waals surface area contributed by atoms with Crippen LogP contribution in [0.5, 0.6) is 0 Å². The number of hydrogen-bond donors (Lipinski definition) is 1. The van der Waals surface area contributed by atoms with Crippen molar-refractivity contribution in [3.8, 4) is 6.07 Å². The second kappa shape index (κ2) is 5.65.